The van der Waals surface area contributed by atoms with Gasteiger partial charge in [-0.15, -0.1) is 0 Å². The monoisotopic (exact) mass is 475 g/mol. The fraction of sp³-hybridized carbons (Fsp3) is 0.259. The fourth-order valence-electron chi connectivity index (χ4n) is 4.39. The van der Waals surface area contributed by atoms with Gasteiger partial charge in [-0.05, 0) is 61.7 Å². The van der Waals surface area contributed by atoms with Crippen LogP contribution in [0.4, 0.5) is 10.1 Å². The van der Waals surface area contributed by atoms with E-state index in [1.807, 2.05) is 13.0 Å². The van der Waals surface area contributed by atoms with Crippen molar-refractivity contribution in [2.45, 2.75) is 31.9 Å². The summed E-state index contributed by atoms with van der Waals surface area (Å²) in [5.74, 6) is -0.0265. The number of nitrogens with one attached hydrogen (secondary N) is 2. The molecule has 35 heavy (non-hydrogen) atoms. The Kier molecular flexibility index (Phi) is 6.48. The number of ether oxygens (including phenoxy) is 2. The highest BCUT2D eigenvalue weighted by atomic mass is 19.1. The van der Waals surface area contributed by atoms with E-state index in [2.05, 4.69) is 15.3 Å². The number of aliphatic hydroxyl groups excluding tert-OH is 1. The van der Waals surface area contributed by atoms with Gasteiger partial charge in [-0.2, -0.15) is 0 Å². The molecule has 0 spiro atoms. The number of aliphatic hydroxyl groups is 1. The van der Waals surface area contributed by atoms with Crippen LogP contribution in [0.5, 0.6) is 11.5 Å². The molecule has 1 aliphatic heterocycles. The largest absolute Gasteiger partial charge is 0.454 e. The lowest BCUT2D eigenvalue weighted by Gasteiger charge is -2.29. The number of para-hydroxylation sites is 1. The van der Waals surface area contributed by atoms with Gasteiger partial charge in [0.25, 0.3) is 0 Å². The summed E-state index contributed by atoms with van der Waals surface area (Å²) in [7, 11) is 0. The number of rotatable bonds is 7. The van der Waals surface area contributed by atoms with Crippen LogP contribution < -0.4 is 10.1 Å². The zero-order chi connectivity index (χ0) is 24.4. The molecule has 4 aromatic rings. The maximum atomic E-state index is 13.9. The van der Waals surface area contributed by atoms with Crippen molar-refractivity contribution in [1.29, 1.82) is 0 Å². The first kappa shape index (κ1) is 23.0. The summed E-state index contributed by atoms with van der Waals surface area (Å²) in [5, 5.41) is 13.5. The fourth-order valence-corrected chi connectivity index (χ4v) is 4.39. The van der Waals surface area contributed by atoms with Gasteiger partial charge in [0.05, 0.1) is 30.3 Å². The number of halogens is 1. The minimum atomic E-state index is -0.452. The Bertz CT molecular complexity index is 1360. The Morgan fingerprint density at radius 3 is 2.83 bits per heavy atom. The molecule has 0 saturated carbocycles. The summed E-state index contributed by atoms with van der Waals surface area (Å²) in [6.45, 7) is 2.32. The van der Waals surface area contributed by atoms with Crippen molar-refractivity contribution < 1.29 is 23.8 Å². The summed E-state index contributed by atoms with van der Waals surface area (Å²) in [6.07, 6.45) is 4.86. The first-order valence-electron chi connectivity index (χ1n) is 11.6. The second-order valence-electron chi connectivity index (χ2n) is 8.68. The minimum absolute atomic E-state index is 0.0200. The molecule has 0 aliphatic carbocycles. The molecule has 2 atom stereocenters. The molecule has 180 valence electrons. The summed E-state index contributed by atoms with van der Waals surface area (Å²) in [6, 6.07) is 13.2. The minimum Gasteiger partial charge on any atom is -0.454 e. The van der Waals surface area contributed by atoms with Gasteiger partial charge in [0.2, 0.25) is 0 Å². The maximum Gasteiger partial charge on any atom is 0.195 e. The number of fused-ring (bicyclic) bond motifs is 1. The number of ketones is 1. The highest BCUT2D eigenvalue weighted by Gasteiger charge is 2.24. The maximum absolute atomic E-state index is 13.9. The molecule has 3 heterocycles. The van der Waals surface area contributed by atoms with Gasteiger partial charge in [-0.25, -0.2) is 9.37 Å². The third kappa shape index (κ3) is 4.76. The standard InChI is InChI=1S/C27H26FN3O4/c1-16-12-18(35-24-5-3-2-4-22(24)28)8-9-20(16)26(33)21-13-30-27-25(21)23(10-11-29-27)31-17-6-7-19(14-32)34-15-17/h2-5,8-13,17,19,32H,6-7,14-15H2,1H3,(H2,29,30,31)/t17-,19+/m1/s1. The summed E-state index contributed by atoms with van der Waals surface area (Å²) in [5.41, 5.74) is 3.15. The van der Waals surface area contributed by atoms with Gasteiger partial charge < -0.3 is 24.9 Å². The quantitative estimate of drug-likeness (QED) is 0.326. The lowest BCUT2D eigenvalue weighted by atomic mass is 9.98. The smallest absolute Gasteiger partial charge is 0.195 e. The van der Waals surface area contributed by atoms with E-state index < -0.39 is 5.82 Å². The second-order valence-corrected chi connectivity index (χ2v) is 8.68. The third-order valence-corrected chi connectivity index (χ3v) is 6.26. The zero-order valence-electron chi connectivity index (χ0n) is 19.3. The van der Waals surface area contributed by atoms with Crippen molar-refractivity contribution >= 4 is 22.5 Å². The number of aromatic amines is 1. The van der Waals surface area contributed by atoms with Crippen molar-refractivity contribution in [2.75, 3.05) is 18.5 Å². The number of aromatic nitrogens is 2. The number of aryl methyl sites for hydroxylation is 1. The van der Waals surface area contributed by atoms with Crippen LogP contribution in [-0.2, 0) is 4.74 Å². The van der Waals surface area contributed by atoms with Crippen LogP contribution >= 0.6 is 0 Å². The van der Waals surface area contributed by atoms with Crippen molar-refractivity contribution in [2.24, 2.45) is 0 Å². The van der Waals surface area contributed by atoms with Crippen LogP contribution in [0.2, 0.25) is 0 Å². The lowest BCUT2D eigenvalue weighted by Crippen LogP contribution is -2.36. The molecule has 2 aromatic carbocycles. The van der Waals surface area contributed by atoms with E-state index in [-0.39, 0.29) is 30.3 Å². The molecule has 1 aliphatic rings. The highest BCUT2D eigenvalue weighted by molar-refractivity contribution is 6.19. The number of pyridine rings is 1. The first-order chi connectivity index (χ1) is 17.0. The molecule has 0 radical (unpaired) electrons. The molecule has 0 amide bonds. The van der Waals surface area contributed by atoms with Crippen molar-refractivity contribution in [3.8, 4) is 11.5 Å². The number of nitrogens with zero attached hydrogens (tertiary/aromatic N) is 1. The van der Waals surface area contributed by atoms with Gasteiger partial charge in [-0.3, -0.25) is 4.79 Å². The molecule has 1 saturated heterocycles. The normalized spacial score (nSPS) is 17.9. The predicted octanol–water partition coefficient (Wildman–Crippen LogP) is 4.99. The molecule has 1 fully saturated rings. The van der Waals surface area contributed by atoms with E-state index in [1.165, 1.54) is 6.07 Å². The molecule has 0 unspecified atom stereocenters. The van der Waals surface area contributed by atoms with Gasteiger partial charge in [0, 0.05) is 29.7 Å². The molecule has 5 rings (SSSR count). The molecule has 3 N–H and O–H groups in total. The van der Waals surface area contributed by atoms with Crippen molar-refractivity contribution in [3.05, 3.63) is 83.4 Å². The van der Waals surface area contributed by atoms with Crippen LogP contribution in [0.15, 0.2) is 60.9 Å². The van der Waals surface area contributed by atoms with E-state index in [4.69, 9.17) is 9.47 Å². The third-order valence-electron chi connectivity index (χ3n) is 6.26. The van der Waals surface area contributed by atoms with E-state index in [1.54, 1.807) is 48.8 Å². The van der Waals surface area contributed by atoms with Gasteiger partial charge >= 0.3 is 0 Å². The number of benzene rings is 2. The van der Waals surface area contributed by atoms with Crippen LogP contribution in [0.25, 0.3) is 11.0 Å². The number of carbonyl (C=O) groups excluding carboxylic acids is 1. The number of H-pyrrole nitrogens is 1. The van der Waals surface area contributed by atoms with E-state index in [0.717, 1.165) is 18.5 Å². The van der Waals surface area contributed by atoms with Crippen LogP contribution in [0, 0.1) is 12.7 Å². The van der Waals surface area contributed by atoms with Gasteiger partial charge in [0.1, 0.15) is 11.4 Å². The Balaban J connectivity index is 1.40. The van der Waals surface area contributed by atoms with Crippen LogP contribution in [0.3, 0.4) is 0 Å². The molecule has 8 heteroatoms. The Morgan fingerprint density at radius 2 is 2.09 bits per heavy atom. The average molecular weight is 476 g/mol. The molecular formula is C27H26FN3O4. The summed E-state index contributed by atoms with van der Waals surface area (Å²) >= 11 is 0. The molecule has 7 nitrogen and oxygen atoms in total. The van der Waals surface area contributed by atoms with Crippen molar-refractivity contribution in [3.63, 3.8) is 0 Å². The van der Waals surface area contributed by atoms with Crippen LogP contribution in [0.1, 0.15) is 34.3 Å². The van der Waals surface area contributed by atoms with Gasteiger partial charge in [-0.1, -0.05) is 12.1 Å². The Labute approximate surface area is 201 Å². The van der Waals surface area contributed by atoms with Gasteiger partial charge in [0.15, 0.2) is 17.3 Å². The summed E-state index contributed by atoms with van der Waals surface area (Å²) < 4.78 is 25.3. The predicted molar refractivity (Wildman–Crippen MR) is 131 cm³/mol. The van der Waals surface area contributed by atoms with Crippen molar-refractivity contribution in [1.82, 2.24) is 9.97 Å². The molecule has 0 bridgehead atoms. The highest BCUT2D eigenvalue weighted by Crippen LogP contribution is 2.31. The Hall–Kier alpha value is -3.75. The van der Waals surface area contributed by atoms with E-state index in [9.17, 15) is 14.3 Å². The number of anilines is 1. The second kappa shape index (κ2) is 9.85. The molecule has 2 aromatic heterocycles. The Morgan fingerprint density at radius 1 is 1.23 bits per heavy atom. The van der Waals surface area contributed by atoms with E-state index >= 15 is 0 Å². The number of carbonyl (C=O) groups is 1. The number of hydrogen-bond acceptors (Lipinski definition) is 6. The SMILES string of the molecule is Cc1cc(Oc2ccccc2F)ccc1C(=O)c1c[nH]c2nccc(N[C@@H]3CC[C@@H](CO)OC3)c12. The lowest BCUT2D eigenvalue weighted by molar-refractivity contribution is -0.0223. The van der Waals surface area contributed by atoms with E-state index in [0.29, 0.717) is 40.1 Å². The first-order valence-corrected chi connectivity index (χ1v) is 11.6. The van der Waals surface area contributed by atoms with Crippen LogP contribution in [-0.4, -0.2) is 46.2 Å². The average Bonchev–Trinajstić information content (AvgIpc) is 3.31. The summed E-state index contributed by atoms with van der Waals surface area (Å²) in [4.78, 5) is 21.0. The zero-order valence-corrected chi connectivity index (χ0v) is 19.3. The topological polar surface area (TPSA) is 96.5 Å². The number of hydrogen-bond donors (Lipinski definition) is 3. The molecular weight excluding hydrogens is 449 g/mol.